The Hall–Kier alpha value is -2.44. The number of fused-ring (bicyclic) bond motifs is 1. The van der Waals surface area contributed by atoms with Gasteiger partial charge in [-0.05, 0) is 18.9 Å². The van der Waals surface area contributed by atoms with E-state index in [1.807, 2.05) is 0 Å². The molecular formula is C13H9F2N5. The number of halogens is 2. The molecule has 0 amide bonds. The van der Waals surface area contributed by atoms with Crippen molar-refractivity contribution in [1.29, 1.82) is 0 Å². The van der Waals surface area contributed by atoms with Gasteiger partial charge in [0, 0.05) is 5.92 Å². The van der Waals surface area contributed by atoms with E-state index in [-0.39, 0.29) is 11.7 Å². The third-order valence-electron chi connectivity index (χ3n) is 3.33. The zero-order valence-corrected chi connectivity index (χ0v) is 10.3. The van der Waals surface area contributed by atoms with Gasteiger partial charge in [0.1, 0.15) is 11.5 Å². The van der Waals surface area contributed by atoms with Crippen LogP contribution in [0.25, 0.3) is 22.6 Å². The van der Waals surface area contributed by atoms with Gasteiger partial charge >= 0.3 is 0 Å². The summed E-state index contributed by atoms with van der Waals surface area (Å²) in [6, 6.07) is 1.31. The van der Waals surface area contributed by atoms with Crippen molar-refractivity contribution in [2.75, 3.05) is 0 Å². The number of hydrogen-bond acceptors (Lipinski definition) is 4. The summed E-state index contributed by atoms with van der Waals surface area (Å²) in [4.78, 5) is 12.1. The largest absolute Gasteiger partial charge is 0.260 e. The number of rotatable bonds is 2. The van der Waals surface area contributed by atoms with E-state index in [0.717, 1.165) is 25.2 Å². The number of aromatic amines is 1. The molecule has 1 saturated carbocycles. The highest BCUT2D eigenvalue weighted by atomic mass is 19.1. The highest BCUT2D eigenvalue weighted by molar-refractivity contribution is 5.88. The van der Waals surface area contributed by atoms with Crippen molar-refractivity contribution < 1.29 is 8.78 Å². The Bertz CT molecular complexity index is 810. The van der Waals surface area contributed by atoms with Crippen LogP contribution >= 0.6 is 0 Å². The minimum absolute atomic E-state index is 0.164. The summed E-state index contributed by atoms with van der Waals surface area (Å²) in [5, 5.41) is 7.23. The quantitative estimate of drug-likeness (QED) is 0.779. The first-order chi connectivity index (χ1) is 9.72. The lowest BCUT2D eigenvalue weighted by molar-refractivity contribution is 0.592. The highest BCUT2D eigenvalue weighted by Gasteiger charge is 2.29. The van der Waals surface area contributed by atoms with Gasteiger partial charge in [-0.3, -0.25) is 5.10 Å². The number of aromatic nitrogens is 5. The zero-order valence-electron chi connectivity index (χ0n) is 10.3. The summed E-state index contributed by atoms with van der Waals surface area (Å²) in [6.45, 7) is 0. The Kier molecular flexibility index (Phi) is 2.29. The number of H-pyrrole nitrogens is 1. The Balaban J connectivity index is 1.90. The van der Waals surface area contributed by atoms with Crippen molar-refractivity contribution in [1.82, 2.24) is 25.1 Å². The Morgan fingerprint density at radius 1 is 1.15 bits per heavy atom. The molecule has 1 N–H and O–H groups in total. The van der Waals surface area contributed by atoms with Gasteiger partial charge in [-0.25, -0.2) is 23.7 Å². The van der Waals surface area contributed by atoms with Crippen LogP contribution in [0.5, 0.6) is 0 Å². The molecule has 0 bridgehead atoms. The number of hydrogen-bond donors (Lipinski definition) is 1. The van der Waals surface area contributed by atoms with Gasteiger partial charge in [-0.2, -0.15) is 5.10 Å². The van der Waals surface area contributed by atoms with Crippen molar-refractivity contribution in [2.24, 2.45) is 0 Å². The van der Waals surface area contributed by atoms with Crippen molar-refractivity contribution >= 4 is 11.0 Å². The van der Waals surface area contributed by atoms with Crippen molar-refractivity contribution in [3.8, 4) is 11.5 Å². The maximum atomic E-state index is 13.7. The fraction of sp³-hybridized carbons (Fsp3) is 0.231. The summed E-state index contributed by atoms with van der Waals surface area (Å²) in [7, 11) is 0. The van der Waals surface area contributed by atoms with E-state index in [1.54, 1.807) is 0 Å². The van der Waals surface area contributed by atoms with Crippen LogP contribution in [-0.2, 0) is 0 Å². The SMILES string of the molecule is Fc1cnc2[nH]nc(-c3ncc(F)c(C4CC4)n3)c2c1. The Labute approximate surface area is 112 Å². The first kappa shape index (κ1) is 11.4. The van der Waals surface area contributed by atoms with E-state index in [2.05, 4.69) is 25.1 Å². The third-order valence-corrected chi connectivity index (χ3v) is 3.33. The topological polar surface area (TPSA) is 67.3 Å². The van der Waals surface area contributed by atoms with Gasteiger partial charge in [-0.15, -0.1) is 0 Å². The van der Waals surface area contributed by atoms with Crippen molar-refractivity contribution in [2.45, 2.75) is 18.8 Å². The Morgan fingerprint density at radius 3 is 2.80 bits per heavy atom. The highest BCUT2D eigenvalue weighted by Crippen LogP contribution is 2.40. The average Bonchev–Trinajstić information content (AvgIpc) is 3.20. The predicted molar refractivity (Wildman–Crippen MR) is 66.8 cm³/mol. The lowest BCUT2D eigenvalue weighted by Crippen LogP contribution is -1.98. The molecule has 7 heteroatoms. The Morgan fingerprint density at radius 2 is 2.00 bits per heavy atom. The summed E-state index contributed by atoms with van der Waals surface area (Å²) in [5.74, 6) is -0.422. The first-order valence-electron chi connectivity index (χ1n) is 6.25. The van der Waals surface area contributed by atoms with Gasteiger partial charge in [0.15, 0.2) is 17.3 Å². The van der Waals surface area contributed by atoms with Gasteiger partial charge in [0.05, 0.1) is 23.5 Å². The molecule has 0 unspecified atom stereocenters. The van der Waals surface area contributed by atoms with E-state index in [0.29, 0.717) is 22.4 Å². The van der Waals surface area contributed by atoms with Crippen molar-refractivity contribution in [3.63, 3.8) is 0 Å². The van der Waals surface area contributed by atoms with Gasteiger partial charge in [0.25, 0.3) is 0 Å². The predicted octanol–water partition coefficient (Wildman–Crippen LogP) is 2.57. The molecule has 20 heavy (non-hydrogen) atoms. The van der Waals surface area contributed by atoms with Gasteiger partial charge < -0.3 is 0 Å². The molecule has 0 aliphatic heterocycles. The molecule has 3 aromatic rings. The molecule has 3 aromatic heterocycles. The monoisotopic (exact) mass is 273 g/mol. The number of pyridine rings is 1. The summed E-state index contributed by atoms with van der Waals surface area (Å²) >= 11 is 0. The third kappa shape index (κ3) is 1.74. The van der Waals surface area contributed by atoms with Crippen LogP contribution in [0, 0.1) is 11.6 Å². The fourth-order valence-electron chi connectivity index (χ4n) is 2.19. The second-order valence-electron chi connectivity index (χ2n) is 4.82. The maximum Gasteiger partial charge on any atom is 0.181 e. The van der Waals surface area contributed by atoms with E-state index >= 15 is 0 Å². The minimum Gasteiger partial charge on any atom is -0.260 e. The summed E-state index contributed by atoms with van der Waals surface area (Å²) in [5.41, 5.74) is 1.24. The van der Waals surface area contributed by atoms with Crippen LogP contribution < -0.4 is 0 Å². The van der Waals surface area contributed by atoms with E-state index in [1.165, 1.54) is 6.07 Å². The molecule has 1 aliphatic carbocycles. The molecule has 100 valence electrons. The van der Waals surface area contributed by atoms with Gasteiger partial charge in [0.2, 0.25) is 0 Å². The second-order valence-corrected chi connectivity index (χ2v) is 4.82. The standard InChI is InChI=1S/C13H9F2N5/c14-7-3-8-11(19-20-12(8)16-4-7)13-17-5-9(15)10(18-13)6-1-2-6/h3-6H,1-2H2,(H,16,19,20). The van der Waals surface area contributed by atoms with Crippen LogP contribution in [0.4, 0.5) is 8.78 Å². The molecule has 3 heterocycles. The average molecular weight is 273 g/mol. The summed E-state index contributed by atoms with van der Waals surface area (Å²) in [6.07, 6.45) is 4.12. The molecular weight excluding hydrogens is 264 g/mol. The van der Waals surface area contributed by atoms with Crippen molar-refractivity contribution in [3.05, 3.63) is 35.8 Å². The van der Waals surface area contributed by atoms with Crippen LogP contribution in [0.1, 0.15) is 24.5 Å². The van der Waals surface area contributed by atoms with Crippen LogP contribution in [0.3, 0.4) is 0 Å². The first-order valence-corrected chi connectivity index (χ1v) is 6.25. The maximum absolute atomic E-state index is 13.7. The van der Waals surface area contributed by atoms with Crippen LogP contribution in [0.2, 0.25) is 0 Å². The minimum atomic E-state index is -0.468. The smallest absolute Gasteiger partial charge is 0.181 e. The zero-order chi connectivity index (χ0) is 13.7. The lowest BCUT2D eigenvalue weighted by atomic mass is 10.2. The molecule has 0 atom stereocenters. The van der Waals surface area contributed by atoms with E-state index < -0.39 is 11.6 Å². The fourth-order valence-corrected chi connectivity index (χ4v) is 2.19. The molecule has 0 aromatic carbocycles. The molecule has 0 radical (unpaired) electrons. The molecule has 1 fully saturated rings. The lowest BCUT2D eigenvalue weighted by Gasteiger charge is -2.02. The van der Waals surface area contributed by atoms with E-state index in [9.17, 15) is 8.78 Å². The van der Waals surface area contributed by atoms with Gasteiger partial charge in [-0.1, -0.05) is 0 Å². The molecule has 5 nitrogen and oxygen atoms in total. The van der Waals surface area contributed by atoms with Crippen LogP contribution in [0.15, 0.2) is 18.5 Å². The normalized spacial score (nSPS) is 14.9. The molecule has 0 spiro atoms. The number of nitrogens with zero attached hydrogens (tertiary/aromatic N) is 4. The van der Waals surface area contributed by atoms with Crippen LogP contribution in [-0.4, -0.2) is 25.1 Å². The summed E-state index contributed by atoms with van der Waals surface area (Å²) < 4.78 is 26.9. The molecule has 1 aliphatic rings. The van der Waals surface area contributed by atoms with E-state index in [4.69, 9.17) is 0 Å². The molecule has 4 rings (SSSR count). The number of nitrogens with one attached hydrogen (secondary N) is 1. The second kappa shape index (κ2) is 4.03. The molecule has 0 saturated heterocycles.